The van der Waals surface area contributed by atoms with Gasteiger partial charge in [-0.25, -0.2) is 13.4 Å². The first-order valence-electron chi connectivity index (χ1n) is 10.9. The van der Waals surface area contributed by atoms with Gasteiger partial charge in [0.2, 0.25) is 10.0 Å². The molecule has 1 aromatic heterocycles. The maximum Gasteiger partial charge on any atom is 0.273 e. The summed E-state index contributed by atoms with van der Waals surface area (Å²) in [6.07, 6.45) is 6.50. The fourth-order valence-electron chi connectivity index (χ4n) is 3.28. The number of nitrogens with zero attached hydrogens (tertiary/aromatic N) is 2. The third-order valence-electron chi connectivity index (χ3n) is 5.05. The van der Waals surface area contributed by atoms with E-state index in [1.807, 2.05) is 13.0 Å². The Morgan fingerprint density at radius 2 is 2.03 bits per heavy atom. The average molecular weight is 532 g/mol. The van der Waals surface area contributed by atoms with Crippen LogP contribution in [0.25, 0.3) is 0 Å². The SMILES string of the molecule is C#CCNS(=O)(=O)c1ccc(CCN(Cc2cc(Cl)ccc2OCCC)C(=O)c2cscn2)cc1. The molecule has 35 heavy (non-hydrogen) atoms. The molecule has 0 spiro atoms. The van der Waals surface area contributed by atoms with Gasteiger partial charge in [-0.3, -0.25) is 4.79 Å². The maximum absolute atomic E-state index is 13.2. The van der Waals surface area contributed by atoms with Crippen molar-refractivity contribution in [1.82, 2.24) is 14.6 Å². The first kappa shape index (κ1) is 26.7. The number of sulfonamides is 1. The van der Waals surface area contributed by atoms with E-state index in [0.29, 0.717) is 42.6 Å². The molecule has 3 rings (SSSR count). The van der Waals surface area contributed by atoms with Crippen LogP contribution in [-0.4, -0.2) is 43.9 Å². The summed E-state index contributed by atoms with van der Waals surface area (Å²) < 4.78 is 32.7. The lowest BCUT2D eigenvalue weighted by molar-refractivity contribution is 0.0738. The molecule has 0 fully saturated rings. The molecule has 2 aromatic carbocycles. The van der Waals surface area contributed by atoms with Crippen molar-refractivity contribution >= 4 is 38.9 Å². The van der Waals surface area contributed by atoms with Crippen LogP contribution in [0.5, 0.6) is 5.75 Å². The van der Waals surface area contributed by atoms with E-state index in [-0.39, 0.29) is 17.3 Å². The highest BCUT2D eigenvalue weighted by atomic mass is 35.5. The molecule has 0 aliphatic carbocycles. The van der Waals surface area contributed by atoms with Gasteiger partial charge in [0.1, 0.15) is 11.4 Å². The molecule has 0 radical (unpaired) electrons. The van der Waals surface area contributed by atoms with E-state index >= 15 is 0 Å². The lowest BCUT2D eigenvalue weighted by Crippen LogP contribution is -2.33. The second kappa shape index (κ2) is 12.7. The van der Waals surface area contributed by atoms with Gasteiger partial charge in [-0.05, 0) is 48.7 Å². The lowest BCUT2D eigenvalue weighted by Gasteiger charge is -2.24. The van der Waals surface area contributed by atoms with Crippen LogP contribution in [0.1, 0.15) is 35.0 Å². The molecule has 1 heterocycles. The van der Waals surface area contributed by atoms with Crippen molar-refractivity contribution in [3.8, 4) is 18.1 Å². The number of thiazole rings is 1. The molecular weight excluding hydrogens is 506 g/mol. The third-order valence-corrected chi connectivity index (χ3v) is 7.29. The molecule has 1 N–H and O–H groups in total. The van der Waals surface area contributed by atoms with Gasteiger partial charge in [-0.2, -0.15) is 4.72 Å². The third kappa shape index (κ3) is 7.54. The fraction of sp³-hybridized carbons (Fsp3) is 0.280. The summed E-state index contributed by atoms with van der Waals surface area (Å²) in [5.74, 6) is 2.73. The first-order chi connectivity index (χ1) is 16.8. The Kier molecular flexibility index (Phi) is 9.69. The number of rotatable bonds is 12. The van der Waals surface area contributed by atoms with E-state index in [0.717, 1.165) is 17.5 Å². The topological polar surface area (TPSA) is 88.6 Å². The van der Waals surface area contributed by atoms with Gasteiger partial charge in [0.25, 0.3) is 5.91 Å². The summed E-state index contributed by atoms with van der Waals surface area (Å²) in [5.41, 5.74) is 3.67. The molecule has 0 unspecified atom stereocenters. The average Bonchev–Trinajstić information content (AvgIpc) is 3.40. The number of terminal acetylenes is 1. The number of carbonyl (C=O) groups excluding carboxylic acids is 1. The van der Waals surface area contributed by atoms with E-state index < -0.39 is 10.0 Å². The van der Waals surface area contributed by atoms with Crippen molar-refractivity contribution in [2.45, 2.75) is 31.2 Å². The Morgan fingerprint density at radius 3 is 2.69 bits per heavy atom. The molecule has 3 aromatic rings. The van der Waals surface area contributed by atoms with Crippen LogP contribution in [0.2, 0.25) is 5.02 Å². The van der Waals surface area contributed by atoms with Gasteiger partial charge < -0.3 is 9.64 Å². The van der Waals surface area contributed by atoms with E-state index in [4.69, 9.17) is 22.8 Å². The lowest BCUT2D eigenvalue weighted by atomic mass is 10.1. The Balaban J connectivity index is 1.79. The summed E-state index contributed by atoms with van der Waals surface area (Å²) in [6.45, 7) is 3.18. The number of halogens is 1. The Bertz CT molecular complexity index is 1270. The van der Waals surface area contributed by atoms with Gasteiger partial charge in [-0.1, -0.05) is 36.6 Å². The number of nitrogens with one attached hydrogen (secondary N) is 1. The summed E-state index contributed by atoms with van der Waals surface area (Å²) in [4.78, 5) is 19.2. The van der Waals surface area contributed by atoms with Crippen LogP contribution in [0, 0.1) is 12.3 Å². The van der Waals surface area contributed by atoms with Gasteiger partial charge >= 0.3 is 0 Å². The molecule has 0 saturated heterocycles. The minimum Gasteiger partial charge on any atom is -0.493 e. The van der Waals surface area contributed by atoms with Crippen molar-refractivity contribution in [2.24, 2.45) is 0 Å². The zero-order valence-corrected chi connectivity index (χ0v) is 21.6. The van der Waals surface area contributed by atoms with Crippen LogP contribution < -0.4 is 9.46 Å². The minimum absolute atomic E-state index is 0.0781. The molecule has 0 aliphatic heterocycles. The normalized spacial score (nSPS) is 11.1. The van der Waals surface area contributed by atoms with Crippen molar-refractivity contribution in [3.05, 3.63) is 75.2 Å². The van der Waals surface area contributed by atoms with Crippen molar-refractivity contribution in [1.29, 1.82) is 0 Å². The molecule has 184 valence electrons. The second-order valence-corrected chi connectivity index (χ2v) is 10.5. The number of ether oxygens (including phenoxy) is 1. The minimum atomic E-state index is -3.66. The van der Waals surface area contributed by atoms with E-state index in [2.05, 4.69) is 15.6 Å². The van der Waals surface area contributed by atoms with Crippen LogP contribution in [0.4, 0.5) is 0 Å². The smallest absolute Gasteiger partial charge is 0.273 e. The van der Waals surface area contributed by atoms with E-state index in [1.165, 1.54) is 23.5 Å². The van der Waals surface area contributed by atoms with Crippen LogP contribution in [0.15, 0.2) is 58.3 Å². The highest BCUT2D eigenvalue weighted by molar-refractivity contribution is 7.89. The number of carbonyl (C=O) groups is 1. The molecule has 0 aliphatic rings. The van der Waals surface area contributed by atoms with Crippen LogP contribution in [0.3, 0.4) is 0 Å². The highest BCUT2D eigenvalue weighted by Crippen LogP contribution is 2.25. The van der Waals surface area contributed by atoms with Gasteiger partial charge in [0.15, 0.2) is 0 Å². The quantitative estimate of drug-likeness (QED) is 0.350. The summed E-state index contributed by atoms with van der Waals surface area (Å²) >= 11 is 7.59. The van der Waals surface area contributed by atoms with E-state index in [9.17, 15) is 13.2 Å². The number of aromatic nitrogens is 1. The predicted molar refractivity (Wildman–Crippen MR) is 138 cm³/mol. The second-order valence-electron chi connectivity index (χ2n) is 7.62. The predicted octanol–water partition coefficient (Wildman–Crippen LogP) is 4.38. The van der Waals surface area contributed by atoms with Gasteiger partial charge in [0.05, 0.1) is 23.6 Å². The van der Waals surface area contributed by atoms with Crippen molar-refractivity contribution < 1.29 is 17.9 Å². The summed E-state index contributed by atoms with van der Waals surface area (Å²) in [5, 5.41) is 2.27. The number of hydrogen-bond donors (Lipinski definition) is 1. The zero-order chi connectivity index (χ0) is 25.3. The maximum atomic E-state index is 13.2. The largest absolute Gasteiger partial charge is 0.493 e. The number of benzene rings is 2. The van der Waals surface area contributed by atoms with Crippen molar-refractivity contribution in [2.75, 3.05) is 19.7 Å². The summed E-state index contributed by atoms with van der Waals surface area (Å²) in [6, 6.07) is 11.9. The number of amides is 1. The standard InChI is InChI=1S/C25H26ClN3O4S2/c1-3-12-28-35(31,32)22-8-5-19(6-9-22)11-13-29(25(30)23-17-34-18-27-23)16-20-15-21(26)7-10-24(20)33-14-4-2/h1,5-10,15,17-18,28H,4,11-14,16H2,2H3. The zero-order valence-electron chi connectivity index (χ0n) is 19.2. The van der Waals surface area contributed by atoms with Crippen molar-refractivity contribution in [3.63, 3.8) is 0 Å². The first-order valence-corrected chi connectivity index (χ1v) is 13.7. The van der Waals surface area contributed by atoms with E-state index in [1.54, 1.807) is 40.1 Å². The van der Waals surface area contributed by atoms with Gasteiger partial charge in [0, 0.05) is 29.1 Å². The molecule has 0 bridgehead atoms. The Labute approximate surface area is 215 Å². The molecule has 1 amide bonds. The molecular formula is C25H26ClN3O4S2. The molecule has 7 nitrogen and oxygen atoms in total. The summed E-state index contributed by atoms with van der Waals surface area (Å²) in [7, 11) is -3.66. The molecule has 10 heteroatoms. The fourth-order valence-corrected chi connectivity index (χ4v) is 4.94. The van der Waals surface area contributed by atoms with Crippen LogP contribution in [-0.2, 0) is 23.0 Å². The Hall–Kier alpha value is -2.90. The molecule has 0 atom stereocenters. The highest BCUT2D eigenvalue weighted by Gasteiger charge is 2.20. The monoisotopic (exact) mass is 531 g/mol. The number of hydrogen-bond acceptors (Lipinski definition) is 6. The van der Waals surface area contributed by atoms with Crippen LogP contribution >= 0.6 is 22.9 Å². The van der Waals surface area contributed by atoms with Gasteiger partial charge in [-0.15, -0.1) is 17.8 Å². The Morgan fingerprint density at radius 1 is 1.26 bits per heavy atom. The molecule has 0 saturated carbocycles.